The van der Waals surface area contributed by atoms with Crippen LogP contribution in [0.15, 0.2) is 30.3 Å². The van der Waals surface area contributed by atoms with Crippen molar-refractivity contribution in [1.82, 2.24) is 9.55 Å². The summed E-state index contributed by atoms with van der Waals surface area (Å²) in [5.41, 5.74) is 4.24. The summed E-state index contributed by atoms with van der Waals surface area (Å²) in [6.07, 6.45) is 2.97. The number of rotatable bonds is 5. The van der Waals surface area contributed by atoms with Crippen molar-refractivity contribution in [3.05, 3.63) is 58.7 Å². The topological polar surface area (TPSA) is 93.9 Å². The van der Waals surface area contributed by atoms with Crippen LogP contribution >= 0.6 is 0 Å². The number of aliphatic carboxylic acids is 1. The molecule has 2 aromatic carbocycles. The Hall–Kier alpha value is -3.46. The van der Waals surface area contributed by atoms with Crippen LogP contribution in [-0.4, -0.2) is 53.1 Å². The predicted octanol–water partition coefficient (Wildman–Crippen LogP) is 5.15. The fraction of sp³-hybridized carbons (Fsp3) is 0.464. The van der Waals surface area contributed by atoms with E-state index in [1.165, 1.54) is 13.2 Å². The Bertz CT molecular complexity index is 1350. The first-order valence-electron chi connectivity index (χ1n) is 12.8. The minimum atomic E-state index is -1.03. The lowest BCUT2D eigenvalue weighted by atomic mass is 9.94. The molecule has 196 valence electrons. The zero-order valence-electron chi connectivity index (χ0n) is 21.4. The average molecular weight is 510 g/mol. The van der Waals surface area contributed by atoms with E-state index in [0.29, 0.717) is 30.2 Å². The van der Waals surface area contributed by atoms with Gasteiger partial charge in [0.1, 0.15) is 11.6 Å². The highest BCUT2D eigenvalue weighted by molar-refractivity contribution is 5.95. The fourth-order valence-corrected chi connectivity index (χ4v) is 5.66. The normalized spacial score (nSPS) is 20.5. The lowest BCUT2D eigenvalue weighted by Gasteiger charge is -2.34. The van der Waals surface area contributed by atoms with Crippen molar-refractivity contribution >= 4 is 28.8 Å². The van der Waals surface area contributed by atoms with E-state index in [-0.39, 0.29) is 18.5 Å². The Morgan fingerprint density at radius 3 is 2.76 bits per heavy atom. The summed E-state index contributed by atoms with van der Waals surface area (Å²) in [4.78, 5) is 31.6. The molecule has 2 aliphatic heterocycles. The van der Waals surface area contributed by atoms with E-state index in [4.69, 9.17) is 14.5 Å². The van der Waals surface area contributed by atoms with Gasteiger partial charge in [-0.05, 0) is 68.9 Å². The molecule has 0 saturated carbocycles. The van der Waals surface area contributed by atoms with Gasteiger partial charge in [0.05, 0.1) is 42.4 Å². The maximum atomic E-state index is 14.4. The number of hydrogen-bond acceptors (Lipinski definition) is 5. The summed E-state index contributed by atoms with van der Waals surface area (Å²) in [5.74, 6) is -1.80. The highest BCUT2D eigenvalue weighted by Gasteiger charge is 2.33. The molecule has 0 aliphatic carbocycles. The van der Waals surface area contributed by atoms with Crippen LogP contribution < -0.4 is 4.90 Å². The van der Waals surface area contributed by atoms with Crippen molar-refractivity contribution in [2.75, 3.05) is 25.2 Å². The van der Waals surface area contributed by atoms with Crippen molar-refractivity contribution in [2.45, 2.75) is 64.0 Å². The van der Waals surface area contributed by atoms with Gasteiger partial charge in [0.2, 0.25) is 0 Å². The predicted molar refractivity (Wildman–Crippen MR) is 137 cm³/mol. The van der Waals surface area contributed by atoms with Crippen LogP contribution in [-0.2, 0) is 27.1 Å². The van der Waals surface area contributed by atoms with Crippen LogP contribution in [0, 0.1) is 12.7 Å². The Kier molecular flexibility index (Phi) is 6.90. The largest absolute Gasteiger partial charge is 0.481 e. The van der Waals surface area contributed by atoms with Gasteiger partial charge in [0, 0.05) is 24.6 Å². The molecule has 3 aromatic rings. The minimum Gasteiger partial charge on any atom is -0.481 e. The monoisotopic (exact) mass is 509 g/mol. The number of fused-ring (bicyclic) bond motifs is 3. The molecule has 0 bridgehead atoms. The van der Waals surface area contributed by atoms with Crippen LogP contribution in [0.2, 0.25) is 0 Å². The van der Waals surface area contributed by atoms with Crippen molar-refractivity contribution in [1.29, 1.82) is 0 Å². The van der Waals surface area contributed by atoms with Gasteiger partial charge >= 0.3 is 12.1 Å². The van der Waals surface area contributed by atoms with Gasteiger partial charge < -0.3 is 19.1 Å². The van der Waals surface area contributed by atoms with Crippen molar-refractivity contribution in [3.8, 4) is 0 Å². The molecule has 8 nitrogen and oxygen atoms in total. The Morgan fingerprint density at radius 1 is 1.27 bits per heavy atom. The summed E-state index contributed by atoms with van der Waals surface area (Å²) >= 11 is 0. The number of amides is 1. The van der Waals surface area contributed by atoms with Crippen LogP contribution in [0.3, 0.4) is 0 Å². The number of imidazole rings is 1. The second-order valence-corrected chi connectivity index (χ2v) is 10.0. The number of benzene rings is 2. The molecule has 37 heavy (non-hydrogen) atoms. The first kappa shape index (κ1) is 25.2. The van der Waals surface area contributed by atoms with Crippen molar-refractivity contribution in [2.24, 2.45) is 0 Å². The second-order valence-electron chi connectivity index (χ2n) is 10.0. The van der Waals surface area contributed by atoms with Gasteiger partial charge in [-0.3, -0.25) is 9.69 Å². The van der Waals surface area contributed by atoms with Crippen molar-refractivity contribution in [3.63, 3.8) is 0 Å². The number of aromatic nitrogens is 2. The summed E-state index contributed by atoms with van der Waals surface area (Å²) in [6, 6.07) is 8.47. The van der Waals surface area contributed by atoms with E-state index in [9.17, 15) is 19.1 Å². The minimum absolute atomic E-state index is 0.00947. The first-order valence-corrected chi connectivity index (χ1v) is 12.8. The standard InChI is InChI=1S/C28H32FN3O5/c1-16-6-8-18(13-22(16)29)21(27(33)34)14-25-30-26-20-9-7-17(2)31(28(35)36-3)23(20)10-11-24(26)32(25)19-5-4-12-37-15-19/h6,8,10-11,13,17,19,21H,4-5,7,9,12,14-15H2,1-3H3,(H,33,34)/t17-,19+,21-/m0/s1. The molecule has 9 heteroatoms. The average Bonchev–Trinajstić information content (AvgIpc) is 3.27. The number of aryl methyl sites for hydroxylation is 2. The Balaban J connectivity index is 1.65. The maximum absolute atomic E-state index is 14.4. The smallest absolute Gasteiger partial charge is 0.414 e. The zero-order chi connectivity index (χ0) is 26.3. The molecule has 3 atom stereocenters. The molecule has 1 amide bonds. The molecule has 3 heterocycles. The molecule has 0 radical (unpaired) electrons. The van der Waals surface area contributed by atoms with Crippen molar-refractivity contribution < 1.29 is 28.6 Å². The summed E-state index contributed by atoms with van der Waals surface area (Å²) in [7, 11) is 1.37. The van der Waals surface area contributed by atoms with Crippen LogP contribution in [0.25, 0.3) is 11.0 Å². The van der Waals surface area contributed by atoms with Crippen LogP contribution in [0.4, 0.5) is 14.9 Å². The Labute approximate surface area is 215 Å². The van der Waals surface area contributed by atoms with Gasteiger partial charge in [0.25, 0.3) is 0 Å². The number of methoxy groups -OCH3 is 1. The quantitative estimate of drug-likeness (QED) is 0.511. The van der Waals surface area contributed by atoms with E-state index in [0.717, 1.165) is 48.0 Å². The molecule has 5 rings (SSSR count). The van der Waals surface area contributed by atoms with Gasteiger partial charge in [-0.15, -0.1) is 0 Å². The first-order chi connectivity index (χ1) is 17.8. The molecular formula is C28H32FN3O5. The Morgan fingerprint density at radius 2 is 2.08 bits per heavy atom. The van der Waals surface area contributed by atoms with E-state index in [2.05, 4.69) is 4.57 Å². The number of ether oxygens (including phenoxy) is 2. The van der Waals surface area contributed by atoms with E-state index < -0.39 is 23.8 Å². The van der Waals surface area contributed by atoms with E-state index in [1.807, 2.05) is 19.1 Å². The molecular weight excluding hydrogens is 477 g/mol. The third-order valence-electron chi connectivity index (χ3n) is 7.68. The zero-order valence-corrected chi connectivity index (χ0v) is 21.4. The third kappa shape index (κ3) is 4.56. The van der Waals surface area contributed by atoms with Gasteiger partial charge in [0.15, 0.2) is 0 Å². The van der Waals surface area contributed by atoms with Crippen LogP contribution in [0.5, 0.6) is 0 Å². The number of anilines is 1. The number of nitrogens with zero attached hydrogens (tertiary/aromatic N) is 3. The third-order valence-corrected chi connectivity index (χ3v) is 7.68. The molecule has 1 N–H and O–H groups in total. The number of halogens is 1. The molecule has 1 aromatic heterocycles. The highest BCUT2D eigenvalue weighted by Crippen LogP contribution is 2.39. The van der Waals surface area contributed by atoms with Crippen LogP contribution in [0.1, 0.15) is 60.7 Å². The lowest BCUT2D eigenvalue weighted by Crippen LogP contribution is -2.42. The molecule has 1 saturated heterocycles. The van der Waals surface area contributed by atoms with E-state index in [1.54, 1.807) is 24.0 Å². The number of carboxylic acid groups (broad SMARTS) is 1. The highest BCUT2D eigenvalue weighted by atomic mass is 19.1. The number of hydrogen-bond donors (Lipinski definition) is 1. The van der Waals surface area contributed by atoms with Gasteiger partial charge in [-0.25, -0.2) is 14.2 Å². The summed E-state index contributed by atoms with van der Waals surface area (Å²) < 4.78 is 27.3. The fourth-order valence-electron chi connectivity index (χ4n) is 5.66. The number of carbonyl (C=O) groups excluding carboxylic acids is 1. The number of carboxylic acids is 1. The molecule has 0 spiro atoms. The maximum Gasteiger partial charge on any atom is 0.414 e. The lowest BCUT2D eigenvalue weighted by molar-refractivity contribution is -0.138. The summed E-state index contributed by atoms with van der Waals surface area (Å²) in [6.45, 7) is 4.85. The molecule has 1 fully saturated rings. The molecule has 0 unspecified atom stereocenters. The molecule has 2 aliphatic rings. The van der Waals surface area contributed by atoms with Gasteiger partial charge in [-0.2, -0.15) is 0 Å². The SMILES string of the molecule is COC(=O)N1c2ccc3c(nc(C[C@H](C(=O)O)c4ccc(C)c(F)c4)n3[C@@H]3CCCOC3)c2CC[C@@H]1C. The van der Waals surface area contributed by atoms with E-state index >= 15 is 0 Å². The van der Waals surface area contributed by atoms with Gasteiger partial charge in [-0.1, -0.05) is 12.1 Å². The number of carbonyl (C=O) groups is 2. The second kappa shape index (κ2) is 10.1. The summed E-state index contributed by atoms with van der Waals surface area (Å²) in [5, 5.41) is 10.1.